The molecule has 1 aliphatic carbocycles. The van der Waals surface area contributed by atoms with E-state index in [1.54, 1.807) is 0 Å². The topological polar surface area (TPSA) is 35.0 Å². The molecule has 0 saturated carbocycles. The molecule has 4 rings (SSSR count). The van der Waals surface area contributed by atoms with Gasteiger partial charge in [-0.05, 0) is 50.3 Å². The van der Waals surface area contributed by atoms with Crippen LogP contribution in [0.3, 0.4) is 0 Å². The second-order valence-electron chi connectivity index (χ2n) is 6.89. The van der Waals surface area contributed by atoms with Gasteiger partial charge in [0.05, 0.1) is 5.69 Å². The molecule has 3 aromatic rings. The second kappa shape index (κ2) is 8.27. The number of aromatic nitrogens is 2. The van der Waals surface area contributed by atoms with E-state index in [2.05, 4.69) is 36.2 Å². The Labute approximate surface area is 167 Å². The minimum Gasteiger partial charge on any atom is -0.435 e. The van der Waals surface area contributed by atoms with Gasteiger partial charge < -0.3 is 4.74 Å². The van der Waals surface area contributed by atoms with E-state index in [4.69, 9.17) is 9.72 Å². The highest BCUT2D eigenvalue weighted by Gasteiger charge is 2.20. The number of hydrogen-bond acceptors (Lipinski definition) is 4. The molecule has 1 aromatic heterocycles. The Morgan fingerprint density at radius 1 is 1.00 bits per heavy atom. The Bertz CT molecular complexity index is 993. The van der Waals surface area contributed by atoms with Gasteiger partial charge in [-0.15, -0.1) is 0 Å². The van der Waals surface area contributed by atoms with Crippen molar-refractivity contribution in [2.45, 2.75) is 43.5 Å². The lowest BCUT2D eigenvalue weighted by atomic mass is 9.97. The van der Waals surface area contributed by atoms with Crippen LogP contribution in [0.25, 0.3) is 0 Å². The summed E-state index contributed by atoms with van der Waals surface area (Å²) in [5.74, 6) is -0.284. The van der Waals surface area contributed by atoms with Crippen molar-refractivity contribution in [3.63, 3.8) is 0 Å². The van der Waals surface area contributed by atoms with E-state index in [-0.39, 0.29) is 5.75 Å². The Kier molecular flexibility index (Phi) is 5.57. The molecule has 1 heterocycles. The fourth-order valence-electron chi connectivity index (χ4n) is 3.18. The van der Waals surface area contributed by atoms with E-state index < -0.39 is 11.6 Å². The Morgan fingerprint density at radius 3 is 2.57 bits per heavy atom. The Hall–Kier alpha value is -2.47. The molecule has 0 saturated heterocycles. The summed E-state index contributed by atoms with van der Waals surface area (Å²) in [6.07, 6.45) is 3.75. The van der Waals surface area contributed by atoms with Crippen LogP contribution in [-0.2, 0) is 18.6 Å². The molecule has 1 aliphatic rings. The molecular formula is C22H20F2N2OS. The first-order chi connectivity index (χ1) is 13.6. The third kappa shape index (κ3) is 4.33. The molecule has 0 atom stereocenters. The van der Waals surface area contributed by atoms with Crippen molar-refractivity contribution in [1.29, 1.82) is 0 Å². The van der Waals surface area contributed by atoms with E-state index in [9.17, 15) is 8.78 Å². The van der Waals surface area contributed by atoms with Crippen LogP contribution >= 0.6 is 11.8 Å². The predicted molar refractivity (Wildman–Crippen MR) is 106 cm³/mol. The lowest BCUT2D eigenvalue weighted by Crippen LogP contribution is -2.10. The van der Waals surface area contributed by atoms with Crippen LogP contribution in [-0.4, -0.2) is 9.97 Å². The van der Waals surface area contributed by atoms with Gasteiger partial charge in [-0.2, -0.15) is 4.98 Å². The van der Waals surface area contributed by atoms with Crippen molar-refractivity contribution in [3.05, 3.63) is 76.5 Å². The summed E-state index contributed by atoms with van der Waals surface area (Å²) in [4.78, 5) is 9.25. The van der Waals surface area contributed by atoms with Crippen molar-refractivity contribution < 1.29 is 13.5 Å². The molecule has 0 N–H and O–H groups in total. The van der Waals surface area contributed by atoms with Crippen molar-refractivity contribution in [3.8, 4) is 11.6 Å². The molecule has 144 valence electrons. The van der Waals surface area contributed by atoms with Crippen LogP contribution in [0.2, 0.25) is 0 Å². The maximum Gasteiger partial charge on any atom is 0.226 e. The smallest absolute Gasteiger partial charge is 0.226 e. The lowest BCUT2D eigenvalue weighted by Gasteiger charge is -2.19. The first-order valence-corrected chi connectivity index (χ1v) is 10.3. The zero-order chi connectivity index (χ0) is 19.5. The molecular weight excluding hydrogens is 378 g/mol. The maximum atomic E-state index is 14.1. The average Bonchev–Trinajstić information content (AvgIpc) is 2.69. The molecule has 28 heavy (non-hydrogen) atoms. The van der Waals surface area contributed by atoms with Gasteiger partial charge in [0.2, 0.25) is 5.88 Å². The van der Waals surface area contributed by atoms with Crippen LogP contribution in [0.1, 0.15) is 35.2 Å². The molecule has 0 bridgehead atoms. The van der Waals surface area contributed by atoms with E-state index in [0.717, 1.165) is 48.8 Å². The standard InChI is InChI=1S/C22H20F2N2OS/c1-14-6-8-15(9-7-14)13-28-22-25-19-5-3-2-4-17(19)21(26-22)27-20-11-10-16(23)12-18(20)24/h6-12H,2-5,13H2,1H3. The van der Waals surface area contributed by atoms with Gasteiger partial charge in [-0.3, -0.25) is 0 Å². The number of ether oxygens (including phenoxy) is 1. The maximum absolute atomic E-state index is 14.1. The predicted octanol–water partition coefficient (Wildman–Crippen LogP) is 6.03. The van der Waals surface area contributed by atoms with E-state index >= 15 is 0 Å². The summed E-state index contributed by atoms with van der Waals surface area (Å²) in [7, 11) is 0. The van der Waals surface area contributed by atoms with Gasteiger partial charge >= 0.3 is 0 Å². The van der Waals surface area contributed by atoms with Crippen molar-refractivity contribution in [1.82, 2.24) is 9.97 Å². The van der Waals surface area contributed by atoms with Gasteiger partial charge in [0.15, 0.2) is 16.7 Å². The molecule has 0 unspecified atom stereocenters. The summed E-state index contributed by atoms with van der Waals surface area (Å²) in [6.45, 7) is 2.06. The highest BCUT2D eigenvalue weighted by Crippen LogP contribution is 2.34. The molecule has 0 fully saturated rings. The number of hydrogen-bond donors (Lipinski definition) is 0. The van der Waals surface area contributed by atoms with E-state index in [0.29, 0.717) is 11.0 Å². The van der Waals surface area contributed by atoms with Gasteiger partial charge in [0.1, 0.15) is 5.82 Å². The van der Waals surface area contributed by atoms with Gasteiger partial charge in [-0.1, -0.05) is 41.6 Å². The minimum atomic E-state index is -0.739. The van der Waals surface area contributed by atoms with Crippen LogP contribution in [0, 0.1) is 18.6 Å². The average molecular weight is 398 g/mol. The van der Waals surface area contributed by atoms with E-state index in [1.807, 2.05) is 0 Å². The monoisotopic (exact) mass is 398 g/mol. The molecule has 0 aliphatic heterocycles. The van der Waals surface area contributed by atoms with Crippen molar-refractivity contribution in [2.75, 3.05) is 0 Å². The molecule has 3 nitrogen and oxygen atoms in total. The summed E-state index contributed by atoms with van der Waals surface area (Å²) < 4.78 is 33.0. The SMILES string of the molecule is Cc1ccc(CSc2nc3c(c(Oc4ccc(F)cc4F)n2)CCCC3)cc1. The highest BCUT2D eigenvalue weighted by molar-refractivity contribution is 7.98. The van der Waals surface area contributed by atoms with Crippen LogP contribution in [0.15, 0.2) is 47.6 Å². The minimum absolute atomic E-state index is 0.0256. The third-order valence-electron chi connectivity index (χ3n) is 4.71. The fourth-order valence-corrected chi connectivity index (χ4v) is 3.99. The van der Waals surface area contributed by atoms with Crippen LogP contribution in [0.4, 0.5) is 8.78 Å². The molecule has 0 amide bonds. The zero-order valence-corrected chi connectivity index (χ0v) is 16.4. The first-order valence-electron chi connectivity index (χ1n) is 9.29. The number of rotatable bonds is 5. The number of benzene rings is 2. The zero-order valence-electron chi connectivity index (χ0n) is 15.5. The number of fused-ring (bicyclic) bond motifs is 1. The van der Waals surface area contributed by atoms with Gasteiger partial charge in [0.25, 0.3) is 0 Å². The Morgan fingerprint density at radius 2 is 1.79 bits per heavy atom. The molecule has 0 radical (unpaired) electrons. The largest absolute Gasteiger partial charge is 0.435 e. The van der Waals surface area contributed by atoms with Crippen LogP contribution < -0.4 is 4.74 Å². The Balaban J connectivity index is 1.61. The van der Waals surface area contributed by atoms with Gasteiger partial charge in [-0.25, -0.2) is 13.8 Å². The van der Waals surface area contributed by atoms with Gasteiger partial charge in [0, 0.05) is 17.4 Å². The summed E-state index contributed by atoms with van der Waals surface area (Å²) in [5.41, 5.74) is 4.29. The van der Waals surface area contributed by atoms with Crippen molar-refractivity contribution in [2.24, 2.45) is 0 Å². The summed E-state index contributed by atoms with van der Waals surface area (Å²) in [6, 6.07) is 11.6. The van der Waals surface area contributed by atoms with Crippen molar-refractivity contribution >= 4 is 11.8 Å². The number of halogens is 2. The van der Waals surface area contributed by atoms with E-state index in [1.165, 1.54) is 35.0 Å². The molecule has 2 aromatic carbocycles. The number of aryl methyl sites for hydroxylation is 2. The lowest BCUT2D eigenvalue weighted by molar-refractivity contribution is 0.408. The second-order valence-corrected chi connectivity index (χ2v) is 7.84. The quantitative estimate of drug-likeness (QED) is 0.388. The highest BCUT2D eigenvalue weighted by atomic mass is 32.2. The molecule has 0 spiro atoms. The first kappa shape index (κ1) is 18.9. The fraction of sp³-hybridized carbons (Fsp3) is 0.273. The van der Waals surface area contributed by atoms with Crippen LogP contribution in [0.5, 0.6) is 11.6 Å². The molecule has 6 heteroatoms. The number of nitrogens with zero attached hydrogens (tertiary/aromatic N) is 2. The number of thioether (sulfide) groups is 1. The summed E-state index contributed by atoms with van der Waals surface area (Å²) >= 11 is 1.53. The third-order valence-corrected chi connectivity index (χ3v) is 5.63. The normalized spacial score (nSPS) is 13.2. The summed E-state index contributed by atoms with van der Waals surface area (Å²) in [5, 5.41) is 0.610.